The van der Waals surface area contributed by atoms with Gasteiger partial charge in [0.2, 0.25) is 0 Å². The Labute approximate surface area is 495 Å². The highest BCUT2D eigenvalue weighted by Crippen LogP contribution is 2.21. The Morgan fingerprint density at radius 1 is 0.326 bits per heavy atom. The lowest BCUT2D eigenvalue weighted by atomic mass is 10.0. The number of nitrogens with zero attached hydrogens (tertiary/aromatic N) is 2. The number of rotatable bonds is 8. The maximum atomic E-state index is 13.6. The fourth-order valence-corrected chi connectivity index (χ4v) is 8.44. The Balaban J connectivity index is 1.38. The van der Waals surface area contributed by atoms with Crippen LogP contribution in [0.5, 0.6) is 0 Å². The molecule has 0 fully saturated rings. The Hall–Kier alpha value is -10.4. The van der Waals surface area contributed by atoms with Gasteiger partial charge in [-0.25, -0.2) is 50.8 Å². The van der Waals surface area contributed by atoms with Gasteiger partial charge in [0.15, 0.2) is 0 Å². The molecule has 0 saturated heterocycles. The summed E-state index contributed by atoms with van der Waals surface area (Å²) in [4.78, 5) is 169. The first-order valence-electron chi connectivity index (χ1n) is 27.5. The summed E-state index contributed by atoms with van der Waals surface area (Å²) in [5.74, 6) is -7.31. The van der Waals surface area contributed by atoms with Crippen LogP contribution in [0.4, 0.5) is 41.9 Å². The van der Waals surface area contributed by atoms with Crippen molar-refractivity contribution in [1.82, 2.24) is 74.6 Å². The number of pyridine rings is 2. The number of nitrogens with one attached hydrogen (secondary N) is 16. The van der Waals surface area contributed by atoms with Crippen molar-refractivity contribution in [2.24, 2.45) is 23.7 Å². The van der Waals surface area contributed by atoms with Gasteiger partial charge >= 0.3 is 24.1 Å². The fraction of sp³-hybridized carbons (Fsp3) is 0.393. The van der Waals surface area contributed by atoms with E-state index in [-0.39, 0.29) is 94.9 Å². The Bertz CT molecular complexity index is 2810. The smallest absolute Gasteiger partial charge is 0.337 e. The minimum Gasteiger partial charge on any atom is -0.339 e. The highest BCUT2D eigenvalue weighted by molar-refractivity contribution is 6.03. The summed E-state index contributed by atoms with van der Waals surface area (Å²) in [6.45, 7) is 17.7. The average molecular weight is 1190 g/mol. The van der Waals surface area contributed by atoms with Crippen molar-refractivity contribution in [1.29, 1.82) is 0 Å². The largest absolute Gasteiger partial charge is 0.339 e. The molecule has 30 nitrogen and oxygen atoms in total. The number of carbonyl (C=O) groups excluding carboxylic acids is 12. The van der Waals surface area contributed by atoms with Crippen molar-refractivity contribution in [2.75, 3.05) is 21.3 Å². The molecule has 86 heavy (non-hydrogen) atoms. The second kappa shape index (κ2) is 31.3. The molecule has 8 bridgehead atoms. The van der Waals surface area contributed by atoms with Gasteiger partial charge in [-0.1, -0.05) is 67.5 Å². The average Bonchev–Trinajstić information content (AvgIpc) is 3.53. The summed E-state index contributed by atoms with van der Waals surface area (Å²) in [6.07, 6.45) is 0.380. The van der Waals surface area contributed by atoms with E-state index < -0.39 is 95.5 Å². The summed E-state index contributed by atoms with van der Waals surface area (Å²) in [6, 6.07) is 8.28. The van der Waals surface area contributed by atoms with E-state index in [1.54, 1.807) is 93.5 Å². The monoisotopic (exact) mass is 1190 g/mol. The second-order valence-corrected chi connectivity index (χ2v) is 21.9. The standard InChI is InChI=1S/C56H74N18O12/c1-27(2)17-41-49(79)67-71-53(83)57-33-21-31(9)22-34(25-33)58-54(84)72-69-51(81)43(19-29(5)6)65-47(77)39-15-12-16-40(62-39)48(78)66-44(20-30(7)8)52(82)70-74-56(86)60-36-24-32(10)23-35(26-36)59-55(85)73-68-50(80)42(18-28(3)4)64-46(76)38-14-11-13-37(61-38)45(75)63-41/h11-16,21-30,41-44H,17-20H2,1-10H3,(H,63,75)(H,64,76)(H,65,77)(H,66,78)(H,67,79)(H,68,80)(H,69,81)(H,70,82)(H2,57,71,83)(H2,58,72,84)(H2,59,73,85)(H2,60,74,86). The van der Waals surface area contributed by atoms with Crippen LogP contribution in [0.25, 0.3) is 0 Å². The van der Waals surface area contributed by atoms with Crippen LogP contribution in [0.15, 0.2) is 72.8 Å². The molecule has 2 aromatic carbocycles. The van der Waals surface area contributed by atoms with Crippen LogP contribution >= 0.6 is 0 Å². The zero-order valence-electron chi connectivity index (χ0n) is 49.2. The Morgan fingerprint density at radius 2 is 0.535 bits per heavy atom. The van der Waals surface area contributed by atoms with Crippen LogP contribution in [-0.4, -0.2) is 106 Å². The van der Waals surface area contributed by atoms with Gasteiger partial charge in [-0.15, -0.1) is 0 Å². The number of aryl methyl sites for hydroxylation is 2. The van der Waals surface area contributed by atoms with E-state index in [0.29, 0.717) is 11.1 Å². The van der Waals surface area contributed by atoms with Gasteiger partial charge in [0.25, 0.3) is 47.3 Å². The maximum absolute atomic E-state index is 13.6. The molecule has 4 aromatic rings. The van der Waals surface area contributed by atoms with Crippen LogP contribution in [0.2, 0.25) is 0 Å². The summed E-state index contributed by atoms with van der Waals surface area (Å²) >= 11 is 0. The first kappa shape index (κ1) is 66.4. The summed E-state index contributed by atoms with van der Waals surface area (Å²) in [5.41, 5.74) is 18.7. The molecule has 4 atom stereocenters. The van der Waals surface area contributed by atoms with Gasteiger partial charge in [0.1, 0.15) is 46.9 Å². The molecule has 0 radical (unpaired) electrons. The third-order valence-electron chi connectivity index (χ3n) is 12.1. The highest BCUT2D eigenvalue weighted by Gasteiger charge is 2.29. The zero-order valence-corrected chi connectivity index (χ0v) is 49.2. The topological polar surface area (TPSA) is 423 Å². The van der Waals surface area contributed by atoms with Gasteiger partial charge < -0.3 is 42.5 Å². The number of fused-ring (bicyclic) bond motifs is 8. The van der Waals surface area contributed by atoms with Crippen molar-refractivity contribution in [2.45, 2.75) is 119 Å². The molecule has 460 valence electrons. The number of hydrazine groups is 4. The number of urea groups is 4. The Morgan fingerprint density at radius 3 is 0.733 bits per heavy atom. The van der Waals surface area contributed by atoms with Crippen LogP contribution in [0.3, 0.4) is 0 Å². The van der Waals surface area contributed by atoms with Crippen LogP contribution in [-0.2, 0) is 19.2 Å². The van der Waals surface area contributed by atoms with Gasteiger partial charge in [-0.05, 0) is 135 Å². The molecular weight excluding hydrogens is 1120 g/mol. The minimum absolute atomic E-state index is 0.0951. The van der Waals surface area contributed by atoms with Crippen molar-refractivity contribution in [3.63, 3.8) is 0 Å². The predicted octanol–water partition coefficient (Wildman–Crippen LogP) is 3.40. The number of hydrogen-bond acceptors (Lipinski definition) is 14. The molecule has 0 saturated carbocycles. The van der Waals surface area contributed by atoms with Crippen LogP contribution in [0, 0.1) is 37.5 Å². The molecule has 1 aliphatic heterocycles. The van der Waals surface area contributed by atoms with E-state index >= 15 is 0 Å². The number of aromatic nitrogens is 2. The molecule has 0 aliphatic carbocycles. The van der Waals surface area contributed by atoms with E-state index in [1.165, 1.54) is 48.5 Å². The molecule has 4 unspecified atom stereocenters. The first-order chi connectivity index (χ1) is 40.6. The minimum atomic E-state index is -1.23. The van der Waals surface area contributed by atoms with E-state index in [9.17, 15) is 57.5 Å². The predicted molar refractivity (Wildman–Crippen MR) is 315 cm³/mol. The molecule has 16 N–H and O–H groups in total. The molecule has 30 heteroatoms. The molecular formula is C56H74N18O12. The SMILES string of the molecule is Cc1cc2cc(c1)NC(=O)NNC(=O)C(CC(C)C)NC(=O)c1cccc(n1)C(=O)NC(CC(C)C)C(=O)NNC(=O)Nc1cc(C)cc(c1)NC(=O)NNC(=O)C(CC(C)C)NC(=O)c1cccc(n1)C(=O)NC(CC(C)C)C(=O)NNC(=O)N2. The van der Waals surface area contributed by atoms with E-state index in [0.717, 1.165) is 0 Å². The second-order valence-electron chi connectivity index (χ2n) is 21.9. The van der Waals surface area contributed by atoms with Crippen molar-refractivity contribution in [3.05, 3.63) is 107 Å². The molecule has 5 rings (SSSR count). The maximum Gasteiger partial charge on any atom is 0.337 e. The normalized spacial score (nSPS) is 18.9. The summed E-state index contributed by atoms with van der Waals surface area (Å²) in [5, 5.41) is 20.5. The number of amides is 16. The van der Waals surface area contributed by atoms with Gasteiger partial charge in [-0.3, -0.25) is 60.1 Å². The first-order valence-corrected chi connectivity index (χ1v) is 27.5. The molecule has 0 spiro atoms. The van der Waals surface area contributed by atoms with E-state index in [2.05, 4.69) is 95.9 Å². The van der Waals surface area contributed by atoms with Gasteiger partial charge in [0, 0.05) is 22.7 Å². The van der Waals surface area contributed by atoms with Crippen LogP contribution in [0.1, 0.15) is 134 Å². The molecule has 16 amide bonds. The Kier molecular flexibility index (Phi) is 24.2. The van der Waals surface area contributed by atoms with Crippen LogP contribution < -0.4 is 85.9 Å². The highest BCUT2D eigenvalue weighted by atomic mass is 16.2. The quantitative estimate of drug-likeness (QED) is 0.120. The molecule has 2 aromatic heterocycles. The number of hydrogen-bond donors (Lipinski definition) is 16. The lowest BCUT2D eigenvalue weighted by Gasteiger charge is -2.21. The lowest BCUT2D eigenvalue weighted by Crippen LogP contribution is -2.54. The van der Waals surface area contributed by atoms with Crippen molar-refractivity contribution >= 4 is 94.1 Å². The third-order valence-corrected chi connectivity index (χ3v) is 12.1. The van der Waals surface area contributed by atoms with Crippen molar-refractivity contribution < 1.29 is 57.5 Å². The zero-order chi connectivity index (χ0) is 63.4. The summed E-state index contributed by atoms with van der Waals surface area (Å²) < 4.78 is 0. The lowest BCUT2D eigenvalue weighted by molar-refractivity contribution is -0.124. The number of anilines is 4. The van der Waals surface area contributed by atoms with Gasteiger partial charge in [-0.2, -0.15) is 0 Å². The van der Waals surface area contributed by atoms with Crippen molar-refractivity contribution in [3.8, 4) is 0 Å². The number of carbonyl (C=O) groups is 12. The van der Waals surface area contributed by atoms with E-state index in [1.807, 2.05) is 0 Å². The van der Waals surface area contributed by atoms with Gasteiger partial charge in [0.05, 0.1) is 0 Å². The third kappa shape index (κ3) is 21.7. The fourth-order valence-electron chi connectivity index (χ4n) is 8.44. The number of benzene rings is 2. The molecule has 3 heterocycles. The van der Waals surface area contributed by atoms with E-state index in [4.69, 9.17) is 0 Å². The summed E-state index contributed by atoms with van der Waals surface area (Å²) in [7, 11) is 0. The molecule has 1 aliphatic rings.